The number of esters is 2. The smallest absolute Gasteiger partial charge is 0.343 e. The third-order valence-corrected chi connectivity index (χ3v) is 4.12. The summed E-state index contributed by atoms with van der Waals surface area (Å²) in [5.74, 6) is -0.350. The van der Waals surface area contributed by atoms with Gasteiger partial charge in [0.15, 0.2) is 0 Å². The summed E-state index contributed by atoms with van der Waals surface area (Å²) in [5.41, 5.74) is 1.65. The Morgan fingerprint density at radius 3 is 2.31 bits per heavy atom. The first-order valence-corrected chi connectivity index (χ1v) is 9.23. The second-order valence-electron chi connectivity index (χ2n) is 6.13. The van der Waals surface area contributed by atoms with Gasteiger partial charge in [-0.3, -0.25) is 0 Å². The summed E-state index contributed by atoms with van der Waals surface area (Å²) in [6.07, 6.45) is 4.95. The SMILES string of the molecule is CCCCCCOC(=O)c1cccc(C(=O)Oc2ccccc2CC)c1. The van der Waals surface area contributed by atoms with Crippen LogP contribution < -0.4 is 4.74 Å². The average Bonchev–Trinajstić information content (AvgIpc) is 2.68. The molecule has 2 aromatic rings. The van der Waals surface area contributed by atoms with E-state index in [-0.39, 0.29) is 0 Å². The predicted molar refractivity (Wildman–Crippen MR) is 102 cm³/mol. The second-order valence-corrected chi connectivity index (χ2v) is 6.13. The van der Waals surface area contributed by atoms with Gasteiger partial charge >= 0.3 is 11.9 Å². The van der Waals surface area contributed by atoms with Crippen LogP contribution in [0.1, 0.15) is 65.8 Å². The number of benzene rings is 2. The quantitative estimate of drug-likeness (QED) is 0.352. The fourth-order valence-corrected chi connectivity index (χ4v) is 2.60. The molecule has 4 nitrogen and oxygen atoms in total. The number of carbonyl (C=O) groups excluding carboxylic acids is 2. The summed E-state index contributed by atoms with van der Waals surface area (Å²) in [7, 11) is 0. The summed E-state index contributed by atoms with van der Waals surface area (Å²) in [5, 5.41) is 0. The molecule has 0 atom stereocenters. The Bertz CT molecular complexity index is 736. The number of ether oxygens (including phenoxy) is 2. The third-order valence-electron chi connectivity index (χ3n) is 4.12. The highest BCUT2D eigenvalue weighted by Gasteiger charge is 2.14. The van der Waals surface area contributed by atoms with Crippen LogP contribution in [0, 0.1) is 0 Å². The van der Waals surface area contributed by atoms with E-state index in [0.717, 1.165) is 37.7 Å². The van der Waals surface area contributed by atoms with Gasteiger partial charge in [-0.15, -0.1) is 0 Å². The summed E-state index contributed by atoms with van der Waals surface area (Å²) < 4.78 is 10.8. The molecule has 0 N–H and O–H groups in total. The normalized spacial score (nSPS) is 10.4. The minimum absolute atomic E-state index is 0.330. The topological polar surface area (TPSA) is 52.6 Å². The molecule has 0 aliphatic rings. The Kier molecular flexibility index (Phi) is 7.87. The zero-order valence-electron chi connectivity index (χ0n) is 15.5. The van der Waals surface area contributed by atoms with Crippen molar-refractivity contribution < 1.29 is 19.1 Å². The van der Waals surface area contributed by atoms with Crippen molar-refractivity contribution in [3.63, 3.8) is 0 Å². The number of hydrogen-bond donors (Lipinski definition) is 0. The molecule has 2 aromatic carbocycles. The Morgan fingerprint density at radius 1 is 0.846 bits per heavy atom. The maximum Gasteiger partial charge on any atom is 0.343 e. The molecule has 0 amide bonds. The number of hydrogen-bond acceptors (Lipinski definition) is 4. The Morgan fingerprint density at radius 2 is 1.58 bits per heavy atom. The maximum atomic E-state index is 12.4. The highest BCUT2D eigenvalue weighted by molar-refractivity contribution is 5.96. The van der Waals surface area contributed by atoms with Gasteiger partial charge in [0.05, 0.1) is 17.7 Å². The fraction of sp³-hybridized carbons (Fsp3) is 0.364. The van der Waals surface area contributed by atoms with Crippen LogP contribution in [-0.2, 0) is 11.2 Å². The number of rotatable bonds is 9. The van der Waals surface area contributed by atoms with E-state index in [1.54, 1.807) is 24.3 Å². The van der Waals surface area contributed by atoms with Crippen molar-refractivity contribution in [2.75, 3.05) is 6.61 Å². The molecular weight excluding hydrogens is 328 g/mol. The molecule has 0 saturated heterocycles. The molecule has 0 aliphatic heterocycles. The lowest BCUT2D eigenvalue weighted by atomic mass is 10.1. The highest BCUT2D eigenvalue weighted by Crippen LogP contribution is 2.20. The van der Waals surface area contributed by atoms with E-state index in [4.69, 9.17) is 9.47 Å². The van der Waals surface area contributed by atoms with E-state index in [1.807, 2.05) is 25.1 Å². The van der Waals surface area contributed by atoms with Crippen molar-refractivity contribution in [1.82, 2.24) is 0 Å². The van der Waals surface area contributed by atoms with Crippen LogP contribution in [0.2, 0.25) is 0 Å². The molecule has 0 unspecified atom stereocenters. The first-order valence-electron chi connectivity index (χ1n) is 9.23. The molecule has 0 bridgehead atoms. The van der Waals surface area contributed by atoms with Gasteiger partial charge in [-0.25, -0.2) is 9.59 Å². The minimum Gasteiger partial charge on any atom is -0.462 e. The zero-order chi connectivity index (χ0) is 18.8. The molecule has 0 aromatic heterocycles. The number of unbranched alkanes of at least 4 members (excludes halogenated alkanes) is 3. The molecular formula is C22H26O4. The Balaban J connectivity index is 1.99. The van der Waals surface area contributed by atoms with E-state index < -0.39 is 11.9 Å². The molecule has 0 spiro atoms. The van der Waals surface area contributed by atoms with Gasteiger partial charge in [0.2, 0.25) is 0 Å². The van der Waals surface area contributed by atoms with E-state index in [2.05, 4.69) is 6.92 Å². The van der Waals surface area contributed by atoms with Crippen LogP contribution >= 0.6 is 0 Å². The summed E-state index contributed by atoms with van der Waals surface area (Å²) >= 11 is 0. The highest BCUT2D eigenvalue weighted by atomic mass is 16.5. The summed E-state index contributed by atoms with van der Waals surface area (Å²) in [6, 6.07) is 13.9. The molecule has 26 heavy (non-hydrogen) atoms. The van der Waals surface area contributed by atoms with E-state index in [0.29, 0.717) is 23.5 Å². The molecule has 0 aliphatic carbocycles. The number of para-hydroxylation sites is 1. The Labute approximate surface area is 155 Å². The molecule has 4 heteroatoms. The molecule has 0 saturated carbocycles. The average molecular weight is 354 g/mol. The predicted octanol–water partition coefficient (Wildman–Crippen LogP) is 5.21. The monoisotopic (exact) mass is 354 g/mol. The van der Waals surface area contributed by atoms with Crippen LogP contribution in [0.5, 0.6) is 5.75 Å². The molecule has 0 heterocycles. The standard InChI is InChI=1S/C22H26O4/c1-3-5-6-9-15-25-21(23)18-12-10-13-19(16-18)22(24)26-20-14-8-7-11-17(20)4-2/h7-8,10-14,16H,3-6,9,15H2,1-2H3. The molecule has 0 fully saturated rings. The van der Waals surface area contributed by atoms with Crippen molar-refractivity contribution in [3.05, 3.63) is 65.2 Å². The van der Waals surface area contributed by atoms with Crippen molar-refractivity contribution in [2.24, 2.45) is 0 Å². The lowest BCUT2D eigenvalue weighted by molar-refractivity contribution is 0.0498. The van der Waals surface area contributed by atoms with Crippen LogP contribution in [0.25, 0.3) is 0 Å². The van der Waals surface area contributed by atoms with E-state index in [9.17, 15) is 9.59 Å². The van der Waals surface area contributed by atoms with Gasteiger partial charge in [0.25, 0.3) is 0 Å². The van der Waals surface area contributed by atoms with E-state index in [1.165, 1.54) is 6.07 Å². The van der Waals surface area contributed by atoms with Crippen LogP contribution in [0.15, 0.2) is 48.5 Å². The molecule has 2 rings (SSSR count). The van der Waals surface area contributed by atoms with Crippen LogP contribution in [-0.4, -0.2) is 18.5 Å². The maximum absolute atomic E-state index is 12.4. The first kappa shape index (κ1) is 19.7. The van der Waals surface area contributed by atoms with Gasteiger partial charge in [-0.05, 0) is 42.7 Å². The van der Waals surface area contributed by atoms with Gasteiger partial charge < -0.3 is 9.47 Å². The van der Waals surface area contributed by atoms with Crippen molar-refractivity contribution >= 4 is 11.9 Å². The van der Waals surface area contributed by atoms with Gasteiger partial charge in [-0.1, -0.05) is 57.4 Å². The van der Waals surface area contributed by atoms with Gasteiger partial charge in [0.1, 0.15) is 5.75 Å². The lowest BCUT2D eigenvalue weighted by Crippen LogP contribution is -2.12. The van der Waals surface area contributed by atoms with Gasteiger partial charge in [-0.2, -0.15) is 0 Å². The third kappa shape index (κ3) is 5.73. The minimum atomic E-state index is -0.483. The number of aryl methyl sites for hydroxylation is 1. The number of carbonyl (C=O) groups is 2. The van der Waals surface area contributed by atoms with Gasteiger partial charge in [0, 0.05) is 0 Å². The second kappa shape index (κ2) is 10.4. The van der Waals surface area contributed by atoms with Crippen molar-refractivity contribution in [1.29, 1.82) is 0 Å². The summed E-state index contributed by atoms with van der Waals surface area (Å²) in [4.78, 5) is 24.6. The fourth-order valence-electron chi connectivity index (χ4n) is 2.60. The molecule has 138 valence electrons. The largest absolute Gasteiger partial charge is 0.462 e. The summed E-state index contributed by atoms with van der Waals surface area (Å²) in [6.45, 7) is 4.54. The van der Waals surface area contributed by atoms with Crippen LogP contribution in [0.3, 0.4) is 0 Å². The van der Waals surface area contributed by atoms with Crippen molar-refractivity contribution in [3.8, 4) is 5.75 Å². The van der Waals surface area contributed by atoms with Crippen molar-refractivity contribution in [2.45, 2.75) is 46.0 Å². The first-order chi connectivity index (χ1) is 12.7. The zero-order valence-corrected chi connectivity index (χ0v) is 15.5. The Hall–Kier alpha value is -2.62. The lowest BCUT2D eigenvalue weighted by Gasteiger charge is -2.09. The van der Waals surface area contributed by atoms with E-state index >= 15 is 0 Å². The molecule has 0 radical (unpaired) electrons. The van der Waals surface area contributed by atoms with Crippen LogP contribution in [0.4, 0.5) is 0 Å².